The molecule has 8 heteroatoms. The minimum Gasteiger partial charge on any atom is -0.305 e. The molecule has 1 N–H and O–H groups in total. The second-order valence-electron chi connectivity index (χ2n) is 8.45. The van der Waals surface area contributed by atoms with Gasteiger partial charge in [0.2, 0.25) is 5.13 Å². The Morgan fingerprint density at radius 3 is 2.53 bits per heavy atom. The fourth-order valence-corrected chi connectivity index (χ4v) is 4.32. The number of aromatic nitrogens is 5. The van der Waals surface area contributed by atoms with Gasteiger partial charge in [-0.3, -0.25) is 9.48 Å². The molecule has 0 saturated heterocycles. The third-order valence-corrected chi connectivity index (χ3v) is 5.93. The molecule has 4 aromatic rings. The summed E-state index contributed by atoms with van der Waals surface area (Å²) in [6.45, 7) is 13.0. The van der Waals surface area contributed by atoms with Crippen molar-refractivity contribution in [3.8, 4) is 5.13 Å². The van der Waals surface area contributed by atoms with Gasteiger partial charge >= 0.3 is 0 Å². The zero-order valence-corrected chi connectivity index (χ0v) is 19.0. The zero-order chi connectivity index (χ0) is 21.6. The quantitative estimate of drug-likeness (QED) is 0.509. The highest BCUT2D eigenvalue weighted by molar-refractivity contribution is 7.20. The van der Waals surface area contributed by atoms with Gasteiger partial charge in [0.25, 0.3) is 5.91 Å². The molecule has 0 spiro atoms. The Morgan fingerprint density at radius 2 is 1.83 bits per heavy atom. The maximum Gasteiger partial charge on any atom is 0.275 e. The van der Waals surface area contributed by atoms with Gasteiger partial charge in [0.15, 0.2) is 0 Å². The number of carbonyl (C=O) groups excluding carboxylic acids is 1. The van der Waals surface area contributed by atoms with Crippen LogP contribution in [0.15, 0.2) is 30.3 Å². The zero-order valence-electron chi connectivity index (χ0n) is 18.1. The third-order valence-electron chi connectivity index (χ3n) is 4.93. The van der Waals surface area contributed by atoms with Crippen LogP contribution >= 0.6 is 11.3 Å². The number of amides is 1. The van der Waals surface area contributed by atoms with E-state index >= 15 is 0 Å². The Bertz CT molecular complexity index is 1240. The van der Waals surface area contributed by atoms with Crippen molar-refractivity contribution in [1.29, 1.82) is 0 Å². The standard InChI is InChI=1S/C22H26N6OS/c1-7-27-17(10-13(2)25-27)20(29)24-19-11-14(3)26-28(19)21-23-16-9-8-15(22(4,5)6)12-18(16)30-21/h8-12H,7H2,1-6H3,(H,24,29). The van der Waals surface area contributed by atoms with Crippen molar-refractivity contribution in [2.24, 2.45) is 0 Å². The Labute approximate surface area is 179 Å². The Hall–Kier alpha value is -3.00. The predicted octanol–water partition coefficient (Wildman–Crippen LogP) is 4.87. The second-order valence-corrected chi connectivity index (χ2v) is 9.46. The van der Waals surface area contributed by atoms with E-state index in [-0.39, 0.29) is 11.3 Å². The summed E-state index contributed by atoms with van der Waals surface area (Å²) in [6, 6.07) is 10.0. The van der Waals surface area contributed by atoms with Crippen molar-refractivity contribution in [1.82, 2.24) is 24.5 Å². The maximum absolute atomic E-state index is 12.9. The van der Waals surface area contributed by atoms with Crippen molar-refractivity contribution < 1.29 is 4.79 Å². The van der Waals surface area contributed by atoms with Gasteiger partial charge in [0.05, 0.1) is 21.6 Å². The van der Waals surface area contributed by atoms with E-state index in [9.17, 15) is 4.79 Å². The van der Waals surface area contributed by atoms with E-state index in [0.29, 0.717) is 18.1 Å². The molecule has 1 amide bonds. The molecule has 0 radical (unpaired) electrons. The number of carbonyl (C=O) groups is 1. The normalized spacial score (nSPS) is 11.9. The number of hydrogen-bond acceptors (Lipinski definition) is 5. The van der Waals surface area contributed by atoms with Gasteiger partial charge in [0, 0.05) is 12.6 Å². The van der Waals surface area contributed by atoms with Crippen LogP contribution in [-0.4, -0.2) is 30.5 Å². The number of hydrogen-bond donors (Lipinski definition) is 1. The largest absolute Gasteiger partial charge is 0.305 e. The first-order chi connectivity index (χ1) is 14.2. The van der Waals surface area contributed by atoms with Gasteiger partial charge in [-0.25, -0.2) is 4.98 Å². The molecule has 4 rings (SSSR count). The summed E-state index contributed by atoms with van der Waals surface area (Å²) in [4.78, 5) is 17.6. The summed E-state index contributed by atoms with van der Waals surface area (Å²) in [5.74, 6) is 0.379. The Morgan fingerprint density at radius 1 is 1.10 bits per heavy atom. The van der Waals surface area contributed by atoms with Crippen LogP contribution in [0, 0.1) is 13.8 Å². The summed E-state index contributed by atoms with van der Waals surface area (Å²) in [5, 5.41) is 12.6. The van der Waals surface area contributed by atoms with Crippen LogP contribution < -0.4 is 5.32 Å². The number of nitrogens with one attached hydrogen (secondary N) is 1. The van der Waals surface area contributed by atoms with E-state index in [1.165, 1.54) is 5.56 Å². The van der Waals surface area contributed by atoms with Gasteiger partial charge in [-0.05, 0) is 49.9 Å². The minimum absolute atomic E-state index is 0.0696. The topological polar surface area (TPSA) is 77.6 Å². The summed E-state index contributed by atoms with van der Waals surface area (Å²) in [7, 11) is 0. The second kappa shape index (κ2) is 7.36. The third kappa shape index (κ3) is 3.75. The van der Waals surface area contributed by atoms with Gasteiger partial charge in [-0.1, -0.05) is 38.2 Å². The molecule has 30 heavy (non-hydrogen) atoms. The fraction of sp³-hybridized carbons (Fsp3) is 0.364. The van der Waals surface area contributed by atoms with Crippen LogP contribution in [0.25, 0.3) is 15.3 Å². The van der Waals surface area contributed by atoms with Crippen molar-refractivity contribution >= 4 is 33.3 Å². The number of benzene rings is 1. The molecule has 0 aliphatic carbocycles. The van der Waals surface area contributed by atoms with Crippen LogP contribution in [-0.2, 0) is 12.0 Å². The van der Waals surface area contributed by atoms with Crippen molar-refractivity contribution in [3.63, 3.8) is 0 Å². The van der Waals surface area contributed by atoms with E-state index in [1.807, 2.05) is 32.9 Å². The molecule has 0 unspecified atom stereocenters. The molecule has 7 nitrogen and oxygen atoms in total. The van der Waals surface area contributed by atoms with Gasteiger partial charge in [-0.2, -0.15) is 14.9 Å². The number of fused-ring (bicyclic) bond motifs is 1. The van der Waals surface area contributed by atoms with Gasteiger partial charge < -0.3 is 5.32 Å². The first kappa shape index (κ1) is 20.3. The average Bonchev–Trinajstić information content (AvgIpc) is 3.36. The van der Waals surface area contributed by atoms with Crippen LogP contribution in [0.3, 0.4) is 0 Å². The number of anilines is 1. The lowest BCUT2D eigenvalue weighted by atomic mass is 9.87. The summed E-state index contributed by atoms with van der Waals surface area (Å²) < 4.78 is 4.50. The number of aryl methyl sites for hydroxylation is 3. The van der Waals surface area contributed by atoms with E-state index in [1.54, 1.807) is 26.8 Å². The van der Waals surface area contributed by atoms with E-state index in [0.717, 1.165) is 26.7 Å². The summed E-state index contributed by atoms with van der Waals surface area (Å²) in [6.07, 6.45) is 0. The van der Waals surface area contributed by atoms with E-state index in [4.69, 9.17) is 4.98 Å². The number of nitrogens with zero attached hydrogens (tertiary/aromatic N) is 5. The molecule has 1 aromatic carbocycles. The van der Waals surface area contributed by atoms with E-state index < -0.39 is 0 Å². The van der Waals surface area contributed by atoms with Crippen LogP contribution in [0.2, 0.25) is 0 Å². The fourth-order valence-electron chi connectivity index (χ4n) is 3.35. The molecule has 0 aliphatic heterocycles. The Kier molecular flexibility index (Phi) is 4.97. The summed E-state index contributed by atoms with van der Waals surface area (Å²) >= 11 is 1.56. The Balaban J connectivity index is 1.70. The van der Waals surface area contributed by atoms with Crippen molar-refractivity contribution in [2.45, 2.75) is 53.5 Å². The van der Waals surface area contributed by atoms with Gasteiger partial charge in [0.1, 0.15) is 11.5 Å². The number of thiazole rings is 1. The molecule has 156 valence electrons. The number of rotatable bonds is 4. The molecular weight excluding hydrogens is 396 g/mol. The molecule has 0 aliphatic rings. The first-order valence-corrected chi connectivity index (χ1v) is 10.8. The molecule has 3 heterocycles. The molecule has 0 saturated carbocycles. The smallest absolute Gasteiger partial charge is 0.275 e. The summed E-state index contributed by atoms with van der Waals surface area (Å²) in [5.41, 5.74) is 4.40. The van der Waals surface area contributed by atoms with Gasteiger partial charge in [-0.15, -0.1) is 0 Å². The minimum atomic E-state index is -0.213. The first-order valence-electron chi connectivity index (χ1n) is 9.99. The van der Waals surface area contributed by atoms with Crippen molar-refractivity contribution in [3.05, 3.63) is 53.0 Å². The highest BCUT2D eigenvalue weighted by atomic mass is 32.1. The molecule has 0 atom stereocenters. The highest BCUT2D eigenvalue weighted by Gasteiger charge is 2.19. The monoisotopic (exact) mass is 422 g/mol. The molecule has 0 fully saturated rings. The van der Waals surface area contributed by atoms with Crippen molar-refractivity contribution in [2.75, 3.05) is 5.32 Å². The molecular formula is C22H26N6OS. The SMILES string of the molecule is CCn1nc(C)cc1C(=O)Nc1cc(C)nn1-c1nc2ccc(C(C)(C)C)cc2s1. The lowest BCUT2D eigenvalue weighted by molar-refractivity contribution is 0.101. The lowest BCUT2D eigenvalue weighted by Gasteiger charge is -2.18. The van der Waals surface area contributed by atoms with E-state index in [2.05, 4.69) is 48.4 Å². The maximum atomic E-state index is 12.9. The molecule has 0 bridgehead atoms. The van der Waals surface area contributed by atoms with Crippen LogP contribution in [0.5, 0.6) is 0 Å². The average molecular weight is 423 g/mol. The van der Waals surface area contributed by atoms with Crippen LogP contribution in [0.4, 0.5) is 5.82 Å². The van der Waals surface area contributed by atoms with Crippen LogP contribution in [0.1, 0.15) is 55.1 Å². The predicted molar refractivity (Wildman–Crippen MR) is 121 cm³/mol. The molecule has 3 aromatic heterocycles. The lowest BCUT2D eigenvalue weighted by Crippen LogP contribution is -2.19. The highest BCUT2D eigenvalue weighted by Crippen LogP contribution is 2.31.